The Morgan fingerprint density at radius 1 is 1.12 bits per heavy atom. The van der Waals surface area contributed by atoms with E-state index >= 15 is 0 Å². The average Bonchev–Trinajstić information content (AvgIpc) is 2.85. The van der Waals surface area contributed by atoms with Crippen LogP contribution in [0.25, 0.3) is 0 Å². The second-order valence-corrected chi connectivity index (χ2v) is 6.28. The van der Waals surface area contributed by atoms with Crippen LogP contribution in [0.5, 0.6) is 0 Å². The first kappa shape index (κ1) is 18.0. The van der Waals surface area contributed by atoms with Crippen LogP contribution in [0.15, 0.2) is 4.52 Å². The van der Waals surface area contributed by atoms with E-state index in [-0.39, 0.29) is 18.4 Å². The molecule has 1 fully saturated rings. The van der Waals surface area contributed by atoms with Gasteiger partial charge in [-0.1, -0.05) is 5.16 Å². The van der Waals surface area contributed by atoms with E-state index in [1.165, 1.54) is 4.90 Å². The van der Waals surface area contributed by atoms with E-state index in [1.54, 1.807) is 25.7 Å². The van der Waals surface area contributed by atoms with E-state index in [1.807, 2.05) is 6.92 Å². The van der Waals surface area contributed by atoms with Gasteiger partial charge in [0, 0.05) is 37.8 Å². The van der Waals surface area contributed by atoms with Crippen molar-refractivity contribution in [1.29, 1.82) is 0 Å². The quantitative estimate of drug-likeness (QED) is 0.786. The zero-order valence-corrected chi connectivity index (χ0v) is 14.6. The number of aromatic nitrogens is 1. The summed E-state index contributed by atoms with van der Waals surface area (Å²) in [5, 5.41) is 6.44. The molecule has 8 heteroatoms. The van der Waals surface area contributed by atoms with Crippen LogP contribution in [-0.4, -0.2) is 64.9 Å². The van der Waals surface area contributed by atoms with Crippen LogP contribution in [0, 0.1) is 13.8 Å². The SMILES string of the molecule is Cc1noc(C)c1CC(=O)N1CCN(C(=O)C(=O)NC(C)C)CC1. The molecule has 132 valence electrons. The summed E-state index contributed by atoms with van der Waals surface area (Å²) in [5.41, 5.74) is 1.54. The number of nitrogens with one attached hydrogen (secondary N) is 1. The molecule has 1 aromatic heterocycles. The fraction of sp³-hybridized carbons (Fsp3) is 0.625. The molecule has 8 nitrogen and oxygen atoms in total. The van der Waals surface area contributed by atoms with Gasteiger partial charge < -0.3 is 19.6 Å². The first-order valence-corrected chi connectivity index (χ1v) is 8.09. The highest BCUT2D eigenvalue weighted by molar-refractivity contribution is 6.35. The molecule has 0 spiro atoms. The van der Waals surface area contributed by atoms with Crippen molar-refractivity contribution >= 4 is 17.7 Å². The summed E-state index contributed by atoms with van der Waals surface area (Å²) in [7, 11) is 0. The standard InChI is InChI=1S/C16H24N4O4/c1-10(2)17-15(22)16(23)20-7-5-19(6-8-20)14(21)9-13-11(3)18-24-12(13)4/h10H,5-9H2,1-4H3,(H,17,22). The van der Waals surface area contributed by atoms with Gasteiger partial charge in [-0.25, -0.2) is 0 Å². The molecule has 0 radical (unpaired) electrons. The Hall–Kier alpha value is -2.38. The maximum atomic E-state index is 12.4. The van der Waals surface area contributed by atoms with Crippen molar-refractivity contribution in [2.75, 3.05) is 26.2 Å². The van der Waals surface area contributed by atoms with Gasteiger partial charge in [0.05, 0.1) is 12.1 Å². The number of nitrogens with zero attached hydrogens (tertiary/aromatic N) is 3. The highest BCUT2D eigenvalue weighted by Gasteiger charge is 2.28. The second kappa shape index (κ2) is 7.46. The topological polar surface area (TPSA) is 95.8 Å². The molecule has 0 unspecified atom stereocenters. The molecule has 1 aromatic rings. The van der Waals surface area contributed by atoms with Crippen molar-refractivity contribution in [3.05, 3.63) is 17.0 Å². The lowest BCUT2D eigenvalue weighted by atomic mass is 10.1. The summed E-state index contributed by atoms with van der Waals surface area (Å²) in [5.74, 6) is -0.509. The summed E-state index contributed by atoms with van der Waals surface area (Å²) in [6, 6.07) is -0.0839. The number of rotatable bonds is 3. The molecule has 2 rings (SSSR count). The third-order valence-electron chi connectivity index (χ3n) is 4.04. The Morgan fingerprint density at radius 3 is 2.21 bits per heavy atom. The zero-order valence-electron chi connectivity index (χ0n) is 14.6. The number of aryl methyl sites for hydroxylation is 2. The molecule has 0 saturated carbocycles. The summed E-state index contributed by atoms with van der Waals surface area (Å²) >= 11 is 0. The number of carbonyl (C=O) groups is 3. The average molecular weight is 336 g/mol. The second-order valence-electron chi connectivity index (χ2n) is 6.28. The summed E-state index contributed by atoms with van der Waals surface area (Å²) in [6.07, 6.45) is 0.239. The molecule has 0 atom stereocenters. The third kappa shape index (κ3) is 4.12. The lowest BCUT2D eigenvalue weighted by Gasteiger charge is -2.34. The van der Waals surface area contributed by atoms with Crippen LogP contribution >= 0.6 is 0 Å². The highest BCUT2D eigenvalue weighted by atomic mass is 16.5. The molecule has 0 bridgehead atoms. The number of piperazine rings is 1. The first-order chi connectivity index (χ1) is 11.3. The Labute approximate surface area is 141 Å². The Morgan fingerprint density at radius 2 is 1.71 bits per heavy atom. The van der Waals surface area contributed by atoms with Crippen LogP contribution in [0.2, 0.25) is 0 Å². The highest BCUT2D eigenvalue weighted by Crippen LogP contribution is 2.15. The van der Waals surface area contributed by atoms with Gasteiger partial charge in [-0.3, -0.25) is 14.4 Å². The monoisotopic (exact) mass is 336 g/mol. The zero-order chi connectivity index (χ0) is 17.9. The minimum atomic E-state index is -0.597. The van der Waals surface area contributed by atoms with E-state index < -0.39 is 11.8 Å². The molecule has 1 aliphatic heterocycles. The normalized spacial score (nSPS) is 14.9. The number of amides is 3. The van der Waals surface area contributed by atoms with E-state index in [2.05, 4.69) is 10.5 Å². The van der Waals surface area contributed by atoms with Gasteiger partial charge >= 0.3 is 11.8 Å². The molecular weight excluding hydrogens is 312 g/mol. The smallest absolute Gasteiger partial charge is 0.312 e. The molecule has 24 heavy (non-hydrogen) atoms. The largest absolute Gasteiger partial charge is 0.361 e. The lowest BCUT2D eigenvalue weighted by Crippen LogP contribution is -2.54. The predicted molar refractivity (Wildman–Crippen MR) is 86.1 cm³/mol. The van der Waals surface area contributed by atoms with Crippen molar-refractivity contribution in [2.45, 2.75) is 40.2 Å². The van der Waals surface area contributed by atoms with Gasteiger partial charge in [0.25, 0.3) is 0 Å². The van der Waals surface area contributed by atoms with Crippen LogP contribution in [0.4, 0.5) is 0 Å². The molecule has 2 heterocycles. The molecule has 1 N–H and O–H groups in total. The van der Waals surface area contributed by atoms with Crippen LogP contribution in [-0.2, 0) is 20.8 Å². The van der Waals surface area contributed by atoms with Crippen LogP contribution < -0.4 is 5.32 Å². The molecule has 0 aliphatic carbocycles. The van der Waals surface area contributed by atoms with Crippen LogP contribution in [0.1, 0.15) is 30.9 Å². The maximum Gasteiger partial charge on any atom is 0.312 e. The molecule has 0 aromatic carbocycles. The van der Waals surface area contributed by atoms with Gasteiger partial charge in [-0.2, -0.15) is 0 Å². The van der Waals surface area contributed by atoms with E-state index in [4.69, 9.17) is 4.52 Å². The summed E-state index contributed by atoms with van der Waals surface area (Å²) < 4.78 is 5.07. The molecule has 1 saturated heterocycles. The lowest BCUT2D eigenvalue weighted by molar-refractivity contribution is -0.148. The van der Waals surface area contributed by atoms with Gasteiger partial charge in [-0.15, -0.1) is 0 Å². The van der Waals surface area contributed by atoms with Crippen molar-refractivity contribution in [1.82, 2.24) is 20.3 Å². The summed E-state index contributed by atoms with van der Waals surface area (Å²) in [4.78, 5) is 39.4. The van der Waals surface area contributed by atoms with Gasteiger partial charge in [0.15, 0.2) is 0 Å². The van der Waals surface area contributed by atoms with Gasteiger partial charge in [0.1, 0.15) is 5.76 Å². The van der Waals surface area contributed by atoms with Crippen LogP contribution in [0.3, 0.4) is 0 Å². The summed E-state index contributed by atoms with van der Waals surface area (Å²) in [6.45, 7) is 8.75. The predicted octanol–water partition coefficient (Wildman–Crippen LogP) is 0.0293. The van der Waals surface area contributed by atoms with Crippen molar-refractivity contribution in [3.8, 4) is 0 Å². The number of carbonyl (C=O) groups excluding carboxylic acids is 3. The Balaban J connectivity index is 1.87. The van der Waals surface area contributed by atoms with Gasteiger partial charge in [-0.05, 0) is 27.7 Å². The molecular formula is C16H24N4O4. The maximum absolute atomic E-state index is 12.4. The first-order valence-electron chi connectivity index (χ1n) is 8.09. The Kier molecular flexibility index (Phi) is 5.58. The number of hydrogen-bond donors (Lipinski definition) is 1. The van der Waals surface area contributed by atoms with Crippen molar-refractivity contribution < 1.29 is 18.9 Å². The van der Waals surface area contributed by atoms with Crippen molar-refractivity contribution in [2.24, 2.45) is 0 Å². The van der Waals surface area contributed by atoms with E-state index in [0.29, 0.717) is 31.9 Å². The third-order valence-corrected chi connectivity index (χ3v) is 4.04. The van der Waals surface area contributed by atoms with E-state index in [9.17, 15) is 14.4 Å². The van der Waals surface area contributed by atoms with E-state index in [0.717, 1.165) is 11.3 Å². The minimum absolute atomic E-state index is 0.0249. The van der Waals surface area contributed by atoms with Gasteiger partial charge in [0.2, 0.25) is 5.91 Å². The number of hydrogen-bond acceptors (Lipinski definition) is 5. The van der Waals surface area contributed by atoms with Crippen molar-refractivity contribution in [3.63, 3.8) is 0 Å². The molecule has 3 amide bonds. The minimum Gasteiger partial charge on any atom is -0.361 e. The fourth-order valence-corrected chi connectivity index (χ4v) is 2.64. The molecule has 1 aliphatic rings. The fourth-order valence-electron chi connectivity index (χ4n) is 2.64. The Bertz CT molecular complexity index is 611.